The zero-order valence-electron chi connectivity index (χ0n) is 15.9. The molecule has 0 spiro atoms. The van der Waals surface area contributed by atoms with Gasteiger partial charge < -0.3 is 4.90 Å². The van der Waals surface area contributed by atoms with E-state index in [1.54, 1.807) is 39.9 Å². The minimum Gasteiger partial charge on any atom is -0.331 e. The van der Waals surface area contributed by atoms with Crippen molar-refractivity contribution in [2.45, 2.75) is 49.5 Å². The van der Waals surface area contributed by atoms with Gasteiger partial charge in [0.2, 0.25) is 10.0 Å². The minimum absolute atomic E-state index is 0.0189. The number of benzene rings is 1. The van der Waals surface area contributed by atoms with Gasteiger partial charge in [0.25, 0.3) is 5.91 Å². The number of rotatable bonds is 4. The van der Waals surface area contributed by atoms with Crippen molar-refractivity contribution in [1.82, 2.24) is 9.21 Å². The number of thiophene rings is 1. The highest BCUT2D eigenvalue weighted by atomic mass is 32.2. The maximum absolute atomic E-state index is 13.0. The summed E-state index contributed by atoms with van der Waals surface area (Å²) in [4.78, 5) is 16.4. The molecule has 1 amide bonds. The first kappa shape index (κ1) is 19.6. The van der Waals surface area contributed by atoms with Gasteiger partial charge in [-0.3, -0.25) is 4.79 Å². The number of likely N-dealkylation sites (tertiary alicyclic amines) is 1. The normalized spacial score (nSPS) is 21.6. The van der Waals surface area contributed by atoms with Crippen molar-refractivity contribution in [2.24, 2.45) is 0 Å². The number of nitrogens with zero attached hydrogens (tertiary/aromatic N) is 2. The van der Waals surface area contributed by atoms with Gasteiger partial charge in [-0.05, 0) is 61.4 Å². The smallest absolute Gasteiger partial charge is 0.254 e. The summed E-state index contributed by atoms with van der Waals surface area (Å²) in [6, 6.07) is 10.7. The van der Waals surface area contributed by atoms with E-state index in [1.807, 2.05) is 16.3 Å². The predicted molar refractivity (Wildman–Crippen MR) is 111 cm³/mol. The molecule has 2 aromatic rings. The molecule has 3 heterocycles. The average Bonchev–Trinajstić information content (AvgIpc) is 3.33. The van der Waals surface area contributed by atoms with Crippen molar-refractivity contribution in [3.8, 4) is 0 Å². The molecule has 2 aliphatic heterocycles. The Bertz CT molecular complexity index is 900. The molecular formula is C21H26N2O3S2. The molecule has 1 aromatic carbocycles. The summed E-state index contributed by atoms with van der Waals surface area (Å²) in [5.41, 5.74) is 0.554. The van der Waals surface area contributed by atoms with Gasteiger partial charge >= 0.3 is 0 Å². The maximum atomic E-state index is 13.0. The lowest BCUT2D eigenvalue weighted by Crippen LogP contribution is -2.32. The van der Waals surface area contributed by atoms with E-state index in [-0.39, 0.29) is 16.8 Å². The van der Waals surface area contributed by atoms with Crippen LogP contribution >= 0.6 is 11.3 Å². The fourth-order valence-electron chi connectivity index (χ4n) is 4.15. The largest absolute Gasteiger partial charge is 0.331 e. The van der Waals surface area contributed by atoms with Gasteiger partial charge in [0.1, 0.15) is 0 Å². The number of carbonyl (C=O) groups is 1. The van der Waals surface area contributed by atoms with Crippen LogP contribution in [0.25, 0.3) is 0 Å². The zero-order chi connectivity index (χ0) is 19.6. The van der Waals surface area contributed by atoms with E-state index in [0.29, 0.717) is 18.7 Å². The fraction of sp³-hybridized carbons (Fsp3) is 0.476. The molecule has 2 aliphatic rings. The molecule has 5 nitrogen and oxygen atoms in total. The summed E-state index contributed by atoms with van der Waals surface area (Å²) in [6.45, 7) is 1.91. The second-order valence-electron chi connectivity index (χ2n) is 7.51. The Kier molecular flexibility index (Phi) is 5.85. The molecule has 0 saturated carbocycles. The number of sulfonamides is 1. The monoisotopic (exact) mass is 418 g/mol. The van der Waals surface area contributed by atoms with Gasteiger partial charge in [-0.1, -0.05) is 18.9 Å². The van der Waals surface area contributed by atoms with Crippen molar-refractivity contribution in [3.05, 3.63) is 52.2 Å². The fourth-order valence-corrected chi connectivity index (χ4v) is 6.54. The molecular weight excluding hydrogens is 392 g/mol. The standard InChI is InChI=1S/C21H26N2O3S2/c24-21(23-15-5-7-19(23)20-8-6-16-27-20)17-9-11-18(12-10-17)28(25,26)22-13-3-1-2-4-14-22/h6,8-12,16,19H,1-5,7,13-15H2. The minimum atomic E-state index is -3.48. The summed E-state index contributed by atoms with van der Waals surface area (Å²) in [7, 11) is -3.48. The van der Waals surface area contributed by atoms with Gasteiger partial charge in [0.15, 0.2) is 0 Å². The van der Waals surface area contributed by atoms with Crippen LogP contribution in [0.3, 0.4) is 0 Å². The molecule has 4 rings (SSSR count). The molecule has 0 radical (unpaired) electrons. The van der Waals surface area contributed by atoms with E-state index in [1.165, 1.54) is 4.88 Å². The summed E-state index contributed by atoms with van der Waals surface area (Å²) >= 11 is 1.68. The zero-order valence-corrected chi connectivity index (χ0v) is 17.6. The molecule has 1 atom stereocenters. The molecule has 2 saturated heterocycles. The Balaban J connectivity index is 1.52. The van der Waals surface area contributed by atoms with Crippen LogP contribution < -0.4 is 0 Å². The van der Waals surface area contributed by atoms with E-state index in [9.17, 15) is 13.2 Å². The molecule has 0 aliphatic carbocycles. The molecule has 150 valence electrons. The Labute approximate surface area is 171 Å². The highest BCUT2D eigenvalue weighted by molar-refractivity contribution is 7.89. The summed E-state index contributed by atoms with van der Waals surface area (Å²) < 4.78 is 27.4. The average molecular weight is 419 g/mol. The van der Waals surface area contributed by atoms with Crippen LogP contribution in [0.5, 0.6) is 0 Å². The van der Waals surface area contributed by atoms with Crippen LogP contribution in [-0.2, 0) is 10.0 Å². The first-order chi connectivity index (χ1) is 13.6. The van der Waals surface area contributed by atoms with Gasteiger partial charge in [0.05, 0.1) is 10.9 Å². The molecule has 2 fully saturated rings. The lowest BCUT2D eigenvalue weighted by Gasteiger charge is -2.24. The van der Waals surface area contributed by atoms with E-state index in [4.69, 9.17) is 0 Å². The van der Waals surface area contributed by atoms with Crippen molar-refractivity contribution in [3.63, 3.8) is 0 Å². The Hall–Kier alpha value is -1.70. The topological polar surface area (TPSA) is 57.7 Å². The van der Waals surface area contributed by atoms with Crippen LogP contribution in [0.4, 0.5) is 0 Å². The third kappa shape index (κ3) is 3.88. The molecule has 0 bridgehead atoms. The van der Waals surface area contributed by atoms with Crippen LogP contribution in [-0.4, -0.2) is 43.2 Å². The van der Waals surface area contributed by atoms with Crippen LogP contribution in [0.1, 0.15) is 59.8 Å². The second kappa shape index (κ2) is 8.35. The van der Waals surface area contributed by atoms with Crippen molar-refractivity contribution < 1.29 is 13.2 Å². The first-order valence-electron chi connectivity index (χ1n) is 10.0. The van der Waals surface area contributed by atoms with Crippen molar-refractivity contribution in [2.75, 3.05) is 19.6 Å². The number of amides is 1. The number of hydrogen-bond acceptors (Lipinski definition) is 4. The van der Waals surface area contributed by atoms with E-state index in [2.05, 4.69) is 6.07 Å². The Morgan fingerprint density at radius 2 is 1.64 bits per heavy atom. The number of carbonyl (C=O) groups excluding carboxylic acids is 1. The summed E-state index contributed by atoms with van der Waals surface area (Å²) in [6.07, 6.45) is 5.97. The maximum Gasteiger partial charge on any atom is 0.254 e. The van der Waals surface area contributed by atoms with Gasteiger partial charge in [-0.2, -0.15) is 4.31 Å². The second-order valence-corrected chi connectivity index (χ2v) is 10.4. The van der Waals surface area contributed by atoms with Gasteiger partial charge in [-0.15, -0.1) is 11.3 Å². The first-order valence-corrected chi connectivity index (χ1v) is 12.3. The molecule has 1 unspecified atom stereocenters. The quantitative estimate of drug-likeness (QED) is 0.744. The molecule has 0 N–H and O–H groups in total. The summed E-state index contributed by atoms with van der Waals surface area (Å²) in [5, 5.41) is 2.04. The third-order valence-corrected chi connectivity index (χ3v) is 8.58. The Morgan fingerprint density at radius 1 is 0.929 bits per heavy atom. The Morgan fingerprint density at radius 3 is 2.29 bits per heavy atom. The van der Waals surface area contributed by atoms with E-state index < -0.39 is 10.0 Å². The highest BCUT2D eigenvalue weighted by Crippen LogP contribution is 2.35. The SMILES string of the molecule is O=C(c1ccc(S(=O)(=O)N2CCCCCC2)cc1)N1CCCC1c1cccs1. The van der Waals surface area contributed by atoms with Crippen molar-refractivity contribution >= 4 is 27.3 Å². The van der Waals surface area contributed by atoms with Crippen molar-refractivity contribution in [1.29, 1.82) is 0 Å². The summed E-state index contributed by atoms with van der Waals surface area (Å²) in [5.74, 6) is -0.0189. The molecule has 1 aromatic heterocycles. The van der Waals surface area contributed by atoms with Crippen LogP contribution in [0, 0.1) is 0 Å². The van der Waals surface area contributed by atoms with Crippen LogP contribution in [0.15, 0.2) is 46.7 Å². The predicted octanol–water partition coefficient (Wildman–Crippen LogP) is 4.29. The van der Waals surface area contributed by atoms with E-state index >= 15 is 0 Å². The van der Waals surface area contributed by atoms with Crippen LogP contribution in [0.2, 0.25) is 0 Å². The lowest BCUT2D eigenvalue weighted by molar-refractivity contribution is 0.0737. The molecule has 7 heteroatoms. The third-order valence-electron chi connectivity index (χ3n) is 5.69. The lowest BCUT2D eigenvalue weighted by atomic mass is 10.1. The van der Waals surface area contributed by atoms with E-state index in [0.717, 1.165) is 45.1 Å². The highest BCUT2D eigenvalue weighted by Gasteiger charge is 2.31. The molecule has 28 heavy (non-hydrogen) atoms. The van der Waals surface area contributed by atoms with Gasteiger partial charge in [-0.25, -0.2) is 8.42 Å². The number of hydrogen-bond donors (Lipinski definition) is 0. The van der Waals surface area contributed by atoms with Gasteiger partial charge in [0, 0.05) is 30.1 Å².